The Morgan fingerprint density at radius 2 is 1.87 bits per heavy atom. The van der Waals surface area contributed by atoms with Crippen LogP contribution in [0.5, 0.6) is 0 Å². The second-order valence-corrected chi connectivity index (χ2v) is 4.28. The molecule has 0 fully saturated rings. The maximum atomic E-state index is 10.8. The van der Waals surface area contributed by atoms with Crippen molar-refractivity contribution in [2.24, 2.45) is 0 Å². The molecule has 15 heavy (non-hydrogen) atoms. The largest absolute Gasteiger partial charge is 0.300 e. The molecule has 1 aliphatic rings. The third kappa shape index (κ3) is 2.66. The molecule has 1 aromatic carbocycles. The predicted molar refractivity (Wildman–Crippen MR) is 60.5 cm³/mol. The summed E-state index contributed by atoms with van der Waals surface area (Å²) >= 11 is 0. The van der Waals surface area contributed by atoms with E-state index in [1.807, 2.05) is 0 Å². The van der Waals surface area contributed by atoms with Gasteiger partial charge >= 0.3 is 0 Å². The van der Waals surface area contributed by atoms with Gasteiger partial charge in [-0.25, -0.2) is 0 Å². The number of rotatable bonds is 4. The average Bonchev–Trinajstić information content (AvgIpc) is 2.59. The Morgan fingerprint density at radius 1 is 1.27 bits per heavy atom. The van der Waals surface area contributed by atoms with Gasteiger partial charge in [-0.05, 0) is 31.0 Å². The highest BCUT2D eigenvalue weighted by Gasteiger charge is 2.17. The predicted octanol–water partition coefficient (Wildman–Crippen LogP) is 2.37. The molecule has 0 saturated heterocycles. The molecule has 80 valence electrons. The Kier molecular flexibility index (Phi) is 3.17. The molecule has 0 N–H and O–H groups in total. The molecule has 0 aliphatic carbocycles. The lowest BCUT2D eigenvalue weighted by Crippen LogP contribution is -2.18. The van der Waals surface area contributed by atoms with Gasteiger partial charge in [0.1, 0.15) is 5.78 Å². The van der Waals surface area contributed by atoms with E-state index in [0.717, 1.165) is 26.1 Å². The summed E-state index contributed by atoms with van der Waals surface area (Å²) in [5.74, 6) is 0.298. The van der Waals surface area contributed by atoms with Gasteiger partial charge in [0.25, 0.3) is 0 Å². The Hall–Kier alpha value is -1.15. The molecule has 2 rings (SSSR count). The van der Waals surface area contributed by atoms with Crippen LogP contribution in [0.25, 0.3) is 0 Å². The van der Waals surface area contributed by atoms with Gasteiger partial charge in [0.15, 0.2) is 0 Å². The van der Waals surface area contributed by atoms with Gasteiger partial charge in [0.05, 0.1) is 0 Å². The lowest BCUT2D eigenvalue weighted by molar-refractivity contribution is -0.117. The second-order valence-electron chi connectivity index (χ2n) is 4.28. The average molecular weight is 203 g/mol. The van der Waals surface area contributed by atoms with Crippen LogP contribution in [-0.2, 0) is 17.9 Å². The van der Waals surface area contributed by atoms with Gasteiger partial charge in [-0.3, -0.25) is 4.90 Å². The van der Waals surface area contributed by atoms with Crippen LogP contribution in [0.1, 0.15) is 30.9 Å². The molecule has 0 radical (unpaired) electrons. The van der Waals surface area contributed by atoms with E-state index in [-0.39, 0.29) is 0 Å². The Bertz CT molecular complexity index is 334. The maximum Gasteiger partial charge on any atom is 0.129 e. The number of benzene rings is 1. The topological polar surface area (TPSA) is 20.3 Å². The van der Waals surface area contributed by atoms with E-state index in [4.69, 9.17) is 0 Å². The third-order valence-corrected chi connectivity index (χ3v) is 2.91. The van der Waals surface area contributed by atoms with Crippen molar-refractivity contribution in [3.8, 4) is 0 Å². The minimum absolute atomic E-state index is 0.298. The minimum Gasteiger partial charge on any atom is -0.300 e. The number of ketones is 1. The SMILES string of the molecule is CC(=O)CCCN1Cc2ccccc2C1. The Morgan fingerprint density at radius 3 is 2.40 bits per heavy atom. The lowest BCUT2D eigenvalue weighted by Gasteiger charge is -2.13. The monoisotopic (exact) mass is 203 g/mol. The summed E-state index contributed by atoms with van der Waals surface area (Å²) in [6.45, 7) is 4.80. The zero-order valence-electron chi connectivity index (χ0n) is 9.20. The fourth-order valence-corrected chi connectivity index (χ4v) is 2.11. The summed E-state index contributed by atoms with van der Waals surface area (Å²) in [4.78, 5) is 13.2. The minimum atomic E-state index is 0.298. The first kappa shape index (κ1) is 10.4. The van der Waals surface area contributed by atoms with Crippen molar-refractivity contribution < 1.29 is 4.79 Å². The molecule has 1 aromatic rings. The van der Waals surface area contributed by atoms with E-state index < -0.39 is 0 Å². The quantitative estimate of drug-likeness (QED) is 0.748. The van der Waals surface area contributed by atoms with Gasteiger partial charge in [-0.2, -0.15) is 0 Å². The van der Waals surface area contributed by atoms with E-state index in [9.17, 15) is 4.79 Å². The van der Waals surface area contributed by atoms with Gasteiger partial charge in [0.2, 0.25) is 0 Å². The highest BCUT2D eigenvalue weighted by molar-refractivity contribution is 5.75. The summed E-state index contributed by atoms with van der Waals surface area (Å²) in [6, 6.07) is 8.58. The van der Waals surface area contributed by atoms with Crippen LogP contribution in [0.15, 0.2) is 24.3 Å². The van der Waals surface area contributed by atoms with Crippen LogP contribution in [-0.4, -0.2) is 17.2 Å². The van der Waals surface area contributed by atoms with Crippen molar-refractivity contribution >= 4 is 5.78 Å². The molecule has 2 heteroatoms. The van der Waals surface area contributed by atoms with Crippen molar-refractivity contribution in [1.82, 2.24) is 4.90 Å². The molecular formula is C13H17NO. The number of hydrogen-bond acceptors (Lipinski definition) is 2. The van der Waals surface area contributed by atoms with Crippen molar-refractivity contribution in [2.75, 3.05) is 6.54 Å². The van der Waals surface area contributed by atoms with Crippen LogP contribution in [0.2, 0.25) is 0 Å². The molecule has 0 amide bonds. The first-order chi connectivity index (χ1) is 7.25. The maximum absolute atomic E-state index is 10.8. The number of hydrogen-bond donors (Lipinski definition) is 0. The molecular weight excluding hydrogens is 186 g/mol. The van der Waals surface area contributed by atoms with Crippen molar-refractivity contribution in [3.05, 3.63) is 35.4 Å². The summed E-state index contributed by atoms with van der Waals surface area (Å²) in [6.07, 6.45) is 1.70. The zero-order valence-corrected chi connectivity index (χ0v) is 9.20. The number of nitrogens with zero attached hydrogens (tertiary/aromatic N) is 1. The zero-order chi connectivity index (χ0) is 10.7. The van der Waals surface area contributed by atoms with Crippen molar-refractivity contribution in [2.45, 2.75) is 32.9 Å². The first-order valence-electron chi connectivity index (χ1n) is 5.54. The van der Waals surface area contributed by atoms with Gasteiger partial charge < -0.3 is 4.79 Å². The molecule has 0 aromatic heterocycles. The normalized spacial score (nSPS) is 15.3. The molecule has 0 spiro atoms. The number of carbonyl (C=O) groups is 1. The van der Waals surface area contributed by atoms with Gasteiger partial charge in [-0.15, -0.1) is 0 Å². The standard InChI is InChI=1S/C13H17NO/c1-11(15)5-4-8-14-9-12-6-2-3-7-13(12)10-14/h2-3,6-7H,4-5,8-10H2,1H3. The fraction of sp³-hybridized carbons (Fsp3) is 0.462. The van der Waals surface area contributed by atoms with Crippen LogP contribution < -0.4 is 0 Å². The van der Waals surface area contributed by atoms with E-state index in [1.165, 1.54) is 11.1 Å². The molecule has 2 nitrogen and oxygen atoms in total. The summed E-state index contributed by atoms with van der Waals surface area (Å²) in [5, 5.41) is 0. The van der Waals surface area contributed by atoms with Crippen molar-refractivity contribution in [3.63, 3.8) is 0 Å². The Labute approximate surface area is 90.9 Å². The summed E-state index contributed by atoms with van der Waals surface area (Å²) in [7, 11) is 0. The molecule has 1 aliphatic heterocycles. The van der Waals surface area contributed by atoms with Gasteiger partial charge in [0, 0.05) is 19.5 Å². The Balaban J connectivity index is 1.83. The fourth-order valence-electron chi connectivity index (χ4n) is 2.11. The molecule has 0 saturated carbocycles. The van der Waals surface area contributed by atoms with Crippen LogP contribution in [0.4, 0.5) is 0 Å². The first-order valence-corrected chi connectivity index (χ1v) is 5.54. The molecule has 1 heterocycles. The smallest absolute Gasteiger partial charge is 0.129 e. The van der Waals surface area contributed by atoms with Gasteiger partial charge in [-0.1, -0.05) is 24.3 Å². The van der Waals surface area contributed by atoms with Crippen LogP contribution in [0, 0.1) is 0 Å². The number of Topliss-reactive ketones (excluding diaryl/α,β-unsaturated/α-hetero) is 1. The molecule has 0 atom stereocenters. The van der Waals surface area contributed by atoms with Crippen LogP contribution >= 0.6 is 0 Å². The van der Waals surface area contributed by atoms with E-state index >= 15 is 0 Å². The van der Waals surface area contributed by atoms with E-state index in [1.54, 1.807) is 6.92 Å². The molecule has 0 unspecified atom stereocenters. The third-order valence-electron chi connectivity index (χ3n) is 2.91. The van der Waals surface area contributed by atoms with E-state index in [2.05, 4.69) is 29.2 Å². The second kappa shape index (κ2) is 4.58. The number of carbonyl (C=O) groups excluding carboxylic acids is 1. The molecule has 0 bridgehead atoms. The van der Waals surface area contributed by atoms with Crippen molar-refractivity contribution in [1.29, 1.82) is 0 Å². The van der Waals surface area contributed by atoms with Crippen LogP contribution in [0.3, 0.4) is 0 Å². The van der Waals surface area contributed by atoms with E-state index in [0.29, 0.717) is 12.2 Å². The highest BCUT2D eigenvalue weighted by Crippen LogP contribution is 2.22. The summed E-state index contributed by atoms with van der Waals surface area (Å²) < 4.78 is 0. The summed E-state index contributed by atoms with van der Waals surface area (Å²) in [5.41, 5.74) is 2.89. The highest BCUT2D eigenvalue weighted by atomic mass is 16.1. The number of fused-ring (bicyclic) bond motifs is 1. The lowest BCUT2D eigenvalue weighted by atomic mass is 10.1.